The highest BCUT2D eigenvalue weighted by atomic mass is 35.5. The molecule has 2 N–H and O–H groups in total. The van der Waals surface area contributed by atoms with Crippen molar-refractivity contribution in [1.82, 2.24) is 0 Å². The van der Waals surface area contributed by atoms with Gasteiger partial charge in [-0.2, -0.15) is 0 Å². The smallest absolute Gasteiger partial charge is 0.323 e. The van der Waals surface area contributed by atoms with E-state index in [0.717, 1.165) is 25.7 Å². The Morgan fingerprint density at radius 1 is 1.25 bits per heavy atom. The quantitative estimate of drug-likeness (QED) is 0.821. The number of benzene rings is 1. The Kier molecular flexibility index (Phi) is 9.34. The number of hydrogen-bond acceptors (Lipinski definition) is 4. The molecule has 0 bridgehead atoms. The van der Waals surface area contributed by atoms with E-state index in [1.54, 1.807) is 0 Å². The molecule has 24 heavy (non-hydrogen) atoms. The van der Waals surface area contributed by atoms with E-state index in [1.807, 2.05) is 25.1 Å². The molecule has 1 aromatic rings. The highest BCUT2D eigenvalue weighted by molar-refractivity contribution is 5.85. The Bertz CT molecular complexity index is 483. The van der Waals surface area contributed by atoms with E-state index >= 15 is 0 Å². The maximum absolute atomic E-state index is 12.0. The highest BCUT2D eigenvalue weighted by Crippen LogP contribution is 2.26. The molecule has 1 saturated heterocycles. The van der Waals surface area contributed by atoms with Gasteiger partial charge in [0.2, 0.25) is 0 Å². The molecule has 0 aliphatic carbocycles. The monoisotopic (exact) mass is 355 g/mol. The standard InChI is InChI=1S/C19H29NO3.ClH/c1-3-4-10-18-16(13-15-8-6-5-7-9-15)14(2)23-19(21)17(20)11-12-22-18;/h5-9,14,16-18H,3-4,10-13,20H2,1-2H3;1H/t14-,16-,17-,18+;/m0./s1. The van der Waals surface area contributed by atoms with Gasteiger partial charge >= 0.3 is 5.97 Å². The van der Waals surface area contributed by atoms with Crippen LogP contribution in [0.1, 0.15) is 45.1 Å². The molecule has 0 radical (unpaired) electrons. The van der Waals surface area contributed by atoms with Gasteiger partial charge in [0.1, 0.15) is 12.1 Å². The van der Waals surface area contributed by atoms with Gasteiger partial charge in [0.15, 0.2) is 0 Å². The summed E-state index contributed by atoms with van der Waals surface area (Å²) in [5.41, 5.74) is 7.11. The number of hydrogen-bond donors (Lipinski definition) is 1. The number of nitrogens with two attached hydrogens (primary N) is 1. The third-order valence-electron chi connectivity index (χ3n) is 4.60. The Hall–Kier alpha value is -1.10. The maximum atomic E-state index is 12.0. The van der Waals surface area contributed by atoms with Crippen molar-refractivity contribution in [1.29, 1.82) is 0 Å². The molecule has 1 aromatic carbocycles. The molecule has 0 aromatic heterocycles. The molecular weight excluding hydrogens is 326 g/mol. The SMILES string of the molecule is CCCC[C@H]1OCC[C@H](N)C(=O)O[C@@H](C)[C@@H]1Cc1ccccc1.Cl. The maximum Gasteiger partial charge on any atom is 0.323 e. The number of halogens is 1. The number of ether oxygens (including phenoxy) is 2. The van der Waals surface area contributed by atoms with Crippen molar-refractivity contribution in [3.63, 3.8) is 0 Å². The van der Waals surface area contributed by atoms with Crippen LogP contribution in [-0.4, -0.2) is 30.8 Å². The van der Waals surface area contributed by atoms with Crippen molar-refractivity contribution < 1.29 is 14.3 Å². The second-order valence-electron chi connectivity index (χ2n) is 6.44. The molecule has 0 saturated carbocycles. The molecule has 4 nitrogen and oxygen atoms in total. The minimum Gasteiger partial charge on any atom is -0.461 e. The van der Waals surface area contributed by atoms with Gasteiger partial charge in [-0.15, -0.1) is 12.4 Å². The number of carbonyl (C=O) groups excluding carboxylic acids is 1. The zero-order valence-corrected chi connectivity index (χ0v) is 15.5. The molecule has 5 heteroatoms. The van der Waals surface area contributed by atoms with Gasteiger partial charge in [0.05, 0.1) is 6.10 Å². The third-order valence-corrected chi connectivity index (χ3v) is 4.60. The van der Waals surface area contributed by atoms with Crippen LogP contribution in [0.5, 0.6) is 0 Å². The van der Waals surface area contributed by atoms with E-state index in [-0.39, 0.29) is 36.5 Å². The zero-order valence-electron chi connectivity index (χ0n) is 14.6. The molecule has 0 amide bonds. The van der Waals surface area contributed by atoms with Crippen LogP contribution in [0.25, 0.3) is 0 Å². The first-order valence-corrected chi connectivity index (χ1v) is 8.73. The van der Waals surface area contributed by atoms with Gasteiger partial charge in [0.25, 0.3) is 0 Å². The predicted molar refractivity (Wildman–Crippen MR) is 98.3 cm³/mol. The van der Waals surface area contributed by atoms with Crippen LogP contribution in [0.2, 0.25) is 0 Å². The van der Waals surface area contributed by atoms with E-state index in [4.69, 9.17) is 15.2 Å². The average molecular weight is 356 g/mol. The summed E-state index contributed by atoms with van der Waals surface area (Å²) in [6.07, 6.45) is 4.50. The van der Waals surface area contributed by atoms with Crippen LogP contribution in [0.4, 0.5) is 0 Å². The first-order valence-electron chi connectivity index (χ1n) is 8.73. The summed E-state index contributed by atoms with van der Waals surface area (Å²) in [7, 11) is 0. The molecule has 1 heterocycles. The average Bonchev–Trinajstić information content (AvgIpc) is 2.60. The van der Waals surface area contributed by atoms with Crippen molar-refractivity contribution in [2.24, 2.45) is 11.7 Å². The largest absolute Gasteiger partial charge is 0.461 e. The number of carbonyl (C=O) groups is 1. The molecule has 1 aliphatic heterocycles. The minimum atomic E-state index is -0.584. The topological polar surface area (TPSA) is 61.5 Å². The van der Waals surface area contributed by atoms with Crippen LogP contribution in [-0.2, 0) is 20.7 Å². The predicted octanol–water partition coefficient (Wildman–Crippen LogP) is 3.51. The van der Waals surface area contributed by atoms with Gasteiger partial charge < -0.3 is 15.2 Å². The number of cyclic esters (lactones) is 1. The van der Waals surface area contributed by atoms with Crippen LogP contribution in [0.3, 0.4) is 0 Å². The normalized spacial score (nSPS) is 28.0. The van der Waals surface area contributed by atoms with Gasteiger partial charge in [-0.3, -0.25) is 4.79 Å². The van der Waals surface area contributed by atoms with Gasteiger partial charge in [-0.05, 0) is 31.7 Å². The van der Waals surface area contributed by atoms with E-state index in [0.29, 0.717) is 13.0 Å². The second kappa shape index (κ2) is 10.7. The van der Waals surface area contributed by atoms with Crippen molar-refractivity contribution in [3.05, 3.63) is 35.9 Å². The minimum absolute atomic E-state index is 0. The van der Waals surface area contributed by atoms with Crippen molar-refractivity contribution in [2.45, 2.75) is 64.2 Å². The van der Waals surface area contributed by atoms with Crippen molar-refractivity contribution in [2.75, 3.05) is 6.61 Å². The van der Waals surface area contributed by atoms with E-state index < -0.39 is 6.04 Å². The summed E-state index contributed by atoms with van der Waals surface area (Å²) in [5.74, 6) is -0.159. The molecule has 136 valence electrons. The third kappa shape index (κ3) is 6.08. The molecule has 1 fully saturated rings. The van der Waals surface area contributed by atoms with E-state index in [2.05, 4.69) is 19.1 Å². The van der Waals surface area contributed by atoms with Gasteiger partial charge in [0, 0.05) is 12.5 Å². The summed E-state index contributed by atoms with van der Waals surface area (Å²) in [6, 6.07) is 9.74. The first kappa shape index (κ1) is 20.9. The highest BCUT2D eigenvalue weighted by Gasteiger charge is 2.33. The molecule has 1 aliphatic rings. The number of unbranched alkanes of at least 4 members (excludes halogenated alkanes) is 1. The fourth-order valence-electron chi connectivity index (χ4n) is 3.13. The molecule has 0 spiro atoms. The van der Waals surface area contributed by atoms with Gasteiger partial charge in [-0.1, -0.05) is 50.1 Å². The second-order valence-corrected chi connectivity index (χ2v) is 6.44. The van der Waals surface area contributed by atoms with Crippen LogP contribution >= 0.6 is 12.4 Å². The fraction of sp³-hybridized carbons (Fsp3) is 0.632. The lowest BCUT2D eigenvalue weighted by atomic mass is 9.87. The fourth-order valence-corrected chi connectivity index (χ4v) is 3.13. The Labute approximate surface area is 151 Å². The lowest BCUT2D eigenvalue weighted by molar-refractivity contribution is -0.153. The lowest BCUT2D eigenvalue weighted by Gasteiger charge is -2.31. The number of esters is 1. The Morgan fingerprint density at radius 3 is 2.62 bits per heavy atom. The summed E-state index contributed by atoms with van der Waals surface area (Å²) < 4.78 is 11.8. The lowest BCUT2D eigenvalue weighted by Crippen LogP contribution is -2.38. The van der Waals surface area contributed by atoms with E-state index in [9.17, 15) is 4.79 Å². The summed E-state index contributed by atoms with van der Waals surface area (Å²) in [5, 5.41) is 0. The van der Waals surface area contributed by atoms with Crippen molar-refractivity contribution >= 4 is 18.4 Å². The molecule has 2 rings (SSSR count). The first-order chi connectivity index (χ1) is 11.1. The van der Waals surface area contributed by atoms with Crippen LogP contribution in [0, 0.1) is 5.92 Å². The van der Waals surface area contributed by atoms with Crippen LogP contribution < -0.4 is 5.73 Å². The van der Waals surface area contributed by atoms with Crippen LogP contribution in [0.15, 0.2) is 30.3 Å². The Balaban J connectivity index is 0.00000288. The number of rotatable bonds is 5. The van der Waals surface area contributed by atoms with E-state index in [1.165, 1.54) is 5.56 Å². The summed E-state index contributed by atoms with van der Waals surface area (Å²) in [4.78, 5) is 12.0. The van der Waals surface area contributed by atoms with Crippen molar-refractivity contribution in [3.8, 4) is 0 Å². The summed E-state index contributed by atoms with van der Waals surface area (Å²) in [6.45, 7) is 4.66. The zero-order chi connectivity index (χ0) is 16.7. The summed E-state index contributed by atoms with van der Waals surface area (Å²) >= 11 is 0. The van der Waals surface area contributed by atoms with Gasteiger partial charge in [-0.25, -0.2) is 0 Å². The molecular formula is C19H30ClNO3. The Morgan fingerprint density at radius 2 is 1.96 bits per heavy atom. The molecule has 4 atom stereocenters. The molecule has 0 unspecified atom stereocenters.